The Morgan fingerprint density at radius 1 is 1.41 bits per heavy atom. The molecule has 0 spiro atoms. The van der Waals surface area contributed by atoms with Crippen LogP contribution >= 0.6 is 27.3 Å². The van der Waals surface area contributed by atoms with Crippen molar-refractivity contribution in [2.24, 2.45) is 0 Å². The first-order valence-electron chi connectivity index (χ1n) is 6.38. The van der Waals surface area contributed by atoms with Gasteiger partial charge in [0.25, 0.3) is 5.69 Å². The minimum atomic E-state index is -0.443. The fourth-order valence-corrected chi connectivity index (χ4v) is 3.44. The van der Waals surface area contributed by atoms with E-state index < -0.39 is 4.92 Å². The molecule has 2 aromatic rings. The largest absolute Gasteiger partial charge is 0.322 e. The maximum Gasteiger partial charge on any atom is 0.321 e. The standard InChI is InChI=1S/C14H14BrN3O3S/c1-9-7-10(3-5-12(9)18(20)21)16-14(19)17(2)8-11-4-6-13(15)22-11/h3-7H,8H2,1-2H3,(H,16,19). The number of amides is 2. The molecule has 1 N–H and O–H groups in total. The first kappa shape index (κ1) is 16.4. The molecule has 1 aromatic carbocycles. The Morgan fingerprint density at radius 3 is 2.68 bits per heavy atom. The average molecular weight is 384 g/mol. The van der Waals surface area contributed by atoms with E-state index in [0.717, 1.165) is 8.66 Å². The van der Waals surface area contributed by atoms with E-state index in [-0.39, 0.29) is 11.7 Å². The molecular weight excluding hydrogens is 370 g/mol. The van der Waals surface area contributed by atoms with Crippen LogP contribution in [-0.4, -0.2) is 22.9 Å². The van der Waals surface area contributed by atoms with Crippen molar-refractivity contribution in [1.29, 1.82) is 0 Å². The average Bonchev–Trinajstić information content (AvgIpc) is 2.83. The van der Waals surface area contributed by atoms with Crippen molar-refractivity contribution in [2.45, 2.75) is 13.5 Å². The van der Waals surface area contributed by atoms with E-state index in [4.69, 9.17) is 0 Å². The number of rotatable bonds is 4. The van der Waals surface area contributed by atoms with Gasteiger partial charge in [0.05, 0.1) is 15.3 Å². The number of nitro benzene ring substituents is 1. The number of carbonyl (C=O) groups is 1. The zero-order valence-corrected chi connectivity index (χ0v) is 14.4. The van der Waals surface area contributed by atoms with Crippen molar-refractivity contribution in [3.05, 3.63) is 54.7 Å². The van der Waals surface area contributed by atoms with Gasteiger partial charge in [-0.2, -0.15) is 0 Å². The second-order valence-electron chi connectivity index (χ2n) is 4.75. The van der Waals surface area contributed by atoms with Crippen LogP contribution in [0.3, 0.4) is 0 Å². The molecule has 0 radical (unpaired) electrons. The third-order valence-electron chi connectivity index (χ3n) is 3.01. The summed E-state index contributed by atoms with van der Waals surface area (Å²) in [7, 11) is 1.70. The molecule has 0 aliphatic heterocycles. The van der Waals surface area contributed by atoms with Crippen LogP contribution in [0.1, 0.15) is 10.4 Å². The van der Waals surface area contributed by atoms with Gasteiger partial charge in [-0.05, 0) is 47.1 Å². The summed E-state index contributed by atoms with van der Waals surface area (Å²) in [6.45, 7) is 2.13. The number of hydrogen-bond donors (Lipinski definition) is 1. The lowest BCUT2D eigenvalue weighted by atomic mass is 10.2. The molecule has 2 rings (SSSR count). The molecule has 0 saturated carbocycles. The molecule has 0 fully saturated rings. The van der Waals surface area contributed by atoms with Crippen LogP contribution in [0, 0.1) is 17.0 Å². The van der Waals surface area contributed by atoms with Crippen LogP contribution in [0.5, 0.6) is 0 Å². The van der Waals surface area contributed by atoms with Crippen molar-refractivity contribution >= 4 is 44.7 Å². The molecule has 0 atom stereocenters. The Labute approximate surface area is 140 Å². The lowest BCUT2D eigenvalue weighted by Crippen LogP contribution is -2.30. The molecule has 1 aromatic heterocycles. The highest BCUT2D eigenvalue weighted by Crippen LogP contribution is 2.24. The van der Waals surface area contributed by atoms with E-state index in [2.05, 4.69) is 21.2 Å². The van der Waals surface area contributed by atoms with Gasteiger partial charge in [0, 0.05) is 29.2 Å². The molecule has 22 heavy (non-hydrogen) atoms. The second-order valence-corrected chi connectivity index (χ2v) is 7.30. The number of aryl methyl sites for hydroxylation is 1. The van der Waals surface area contributed by atoms with Crippen LogP contribution in [0.15, 0.2) is 34.1 Å². The van der Waals surface area contributed by atoms with Crippen LogP contribution in [0.2, 0.25) is 0 Å². The van der Waals surface area contributed by atoms with Gasteiger partial charge in [-0.1, -0.05) is 0 Å². The van der Waals surface area contributed by atoms with Crippen LogP contribution < -0.4 is 5.32 Å². The molecule has 0 bridgehead atoms. The Kier molecular flexibility index (Phi) is 5.15. The molecular formula is C14H14BrN3O3S. The SMILES string of the molecule is Cc1cc(NC(=O)N(C)Cc2ccc(Br)s2)ccc1[N+](=O)[O-]. The number of nitrogens with zero attached hydrogens (tertiary/aromatic N) is 2. The molecule has 0 aliphatic rings. The molecule has 0 saturated heterocycles. The number of urea groups is 1. The second kappa shape index (κ2) is 6.89. The van der Waals surface area contributed by atoms with Crippen molar-refractivity contribution < 1.29 is 9.72 Å². The first-order valence-corrected chi connectivity index (χ1v) is 7.99. The highest BCUT2D eigenvalue weighted by atomic mass is 79.9. The fraction of sp³-hybridized carbons (Fsp3) is 0.214. The number of anilines is 1. The quantitative estimate of drug-likeness (QED) is 0.628. The third kappa shape index (κ3) is 4.05. The summed E-state index contributed by atoms with van der Waals surface area (Å²) >= 11 is 4.95. The van der Waals surface area contributed by atoms with Crippen LogP contribution in [-0.2, 0) is 6.54 Å². The summed E-state index contributed by atoms with van der Waals surface area (Å²) in [4.78, 5) is 25.1. The van der Waals surface area contributed by atoms with Crippen molar-refractivity contribution in [1.82, 2.24) is 4.90 Å². The van der Waals surface area contributed by atoms with E-state index in [1.807, 2.05) is 12.1 Å². The van der Waals surface area contributed by atoms with Crippen molar-refractivity contribution in [3.63, 3.8) is 0 Å². The van der Waals surface area contributed by atoms with Crippen LogP contribution in [0.25, 0.3) is 0 Å². The number of hydrogen-bond acceptors (Lipinski definition) is 4. The van der Waals surface area contributed by atoms with E-state index in [1.165, 1.54) is 12.1 Å². The Bertz CT molecular complexity index is 717. The summed E-state index contributed by atoms with van der Waals surface area (Å²) in [6, 6.07) is 8.13. The topological polar surface area (TPSA) is 75.5 Å². The van der Waals surface area contributed by atoms with Gasteiger partial charge in [-0.3, -0.25) is 10.1 Å². The summed E-state index contributed by atoms with van der Waals surface area (Å²) in [5.41, 5.74) is 1.08. The molecule has 0 unspecified atom stereocenters. The van der Waals surface area contributed by atoms with Gasteiger partial charge < -0.3 is 10.2 Å². The molecule has 1 heterocycles. The molecule has 116 valence electrons. The smallest absolute Gasteiger partial charge is 0.321 e. The van der Waals surface area contributed by atoms with Gasteiger partial charge in [0.1, 0.15) is 0 Å². The number of benzene rings is 1. The normalized spacial score (nSPS) is 10.3. The van der Waals surface area contributed by atoms with E-state index in [0.29, 0.717) is 17.8 Å². The predicted octanol–water partition coefficient (Wildman–Crippen LogP) is 4.39. The highest BCUT2D eigenvalue weighted by molar-refractivity contribution is 9.11. The summed E-state index contributed by atoms with van der Waals surface area (Å²) < 4.78 is 1.02. The number of nitrogens with one attached hydrogen (secondary N) is 1. The highest BCUT2D eigenvalue weighted by Gasteiger charge is 2.14. The maximum atomic E-state index is 12.1. The molecule has 6 nitrogen and oxygen atoms in total. The van der Waals surface area contributed by atoms with Gasteiger partial charge >= 0.3 is 6.03 Å². The zero-order valence-electron chi connectivity index (χ0n) is 12.0. The van der Waals surface area contributed by atoms with Gasteiger partial charge in [0.2, 0.25) is 0 Å². The number of thiophene rings is 1. The third-order valence-corrected chi connectivity index (χ3v) is 4.62. The van der Waals surface area contributed by atoms with Gasteiger partial charge in [0.15, 0.2) is 0 Å². The first-order chi connectivity index (χ1) is 10.4. The Balaban J connectivity index is 2.02. The summed E-state index contributed by atoms with van der Waals surface area (Å²) in [5, 5.41) is 13.5. The van der Waals surface area contributed by atoms with Gasteiger partial charge in [-0.15, -0.1) is 11.3 Å². The molecule has 0 aliphatic carbocycles. The minimum Gasteiger partial charge on any atom is -0.322 e. The van der Waals surface area contributed by atoms with Crippen molar-refractivity contribution in [3.8, 4) is 0 Å². The van der Waals surface area contributed by atoms with E-state index >= 15 is 0 Å². The maximum absolute atomic E-state index is 12.1. The number of carbonyl (C=O) groups excluding carboxylic acids is 1. The van der Waals surface area contributed by atoms with Gasteiger partial charge in [-0.25, -0.2) is 4.79 Å². The minimum absolute atomic E-state index is 0.0368. The summed E-state index contributed by atoms with van der Waals surface area (Å²) in [5.74, 6) is 0. The van der Waals surface area contributed by atoms with Crippen LogP contribution in [0.4, 0.5) is 16.2 Å². The lowest BCUT2D eigenvalue weighted by Gasteiger charge is -2.17. The summed E-state index contributed by atoms with van der Waals surface area (Å²) in [6.07, 6.45) is 0. The fourth-order valence-electron chi connectivity index (χ4n) is 1.90. The van der Waals surface area contributed by atoms with E-state index in [1.54, 1.807) is 36.3 Å². The number of halogens is 1. The molecule has 8 heteroatoms. The Hall–Kier alpha value is -1.93. The zero-order chi connectivity index (χ0) is 16.3. The van der Waals surface area contributed by atoms with Crippen molar-refractivity contribution in [2.75, 3.05) is 12.4 Å². The molecule has 2 amide bonds. The predicted molar refractivity (Wildman–Crippen MR) is 90.3 cm³/mol. The Morgan fingerprint density at radius 2 is 2.14 bits per heavy atom. The van der Waals surface area contributed by atoms with E-state index in [9.17, 15) is 14.9 Å². The number of nitro groups is 1. The monoisotopic (exact) mass is 383 g/mol. The lowest BCUT2D eigenvalue weighted by molar-refractivity contribution is -0.385.